The zero-order chi connectivity index (χ0) is 36.5. The number of amides is 1. The minimum Gasteiger partial charge on any atom is -0.462 e. The average Bonchev–Trinajstić information content (AvgIpc) is 3.07. The molecule has 1 atom stereocenters. The molecule has 8 nitrogen and oxygen atoms in total. The fraction of sp³-hybridized carbons (Fsp3) is 0.929. The van der Waals surface area contributed by atoms with E-state index in [1.54, 1.807) is 4.90 Å². The third-order valence-electron chi connectivity index (χ3n) is 9.93. The Morgan fingerprint density at radius 2 is 0.900 bits per heavy atom. The van der Waals surface area contributed by atoms with Gasteiger partial charge in [0.1, 0.15) is 13.2 Å². The van der Waals surface area contributed by atoms with E-state index in [0.717, 1.165) is 45.1 Å². The van der Waals surface area contributed by atoms with Crippen LogP contribution in [0.3, 0.4) is 0 Å². The van der Waals surface area contributed by atoms with Crippen molar-refractivity contribution in [3.8, 4) is 0 Å². The van der Waals surface area contributed by atoms with Gasteiger partial charge in [0.15, 0.2) is 6.10 Å². The van der Waals surface area contributed by atoms with E-state index >= 15 is 0 Å². The summed E-state index contributed by atoms with van der Waals surface area (Å²) in [7, 11) is 4.05. The number of unbranched alkanes of at least 4 members (excludes halogenated alkanes) is 24. The number of carbonyl (C=O) groups excluding carboxylic acids is 3. The van der Waals surface area contributed by atoms with Crippen LogP contribution in [0.15, 0.2) is 0 Å². The molecule has 0 aromatic heterocycles. The Hall–Kier alpha value is -1.83. The zero-order valence-corrected chi connectivity index (χ0v) is 33.3. The smallest absolute Gasteiger partial charge is 0.409 e. The van der Waals surface area contributed by atoms with Gasteiger partial charge in [-0.25, -0.2) is 4.79 Å². The molecule has 1 amide bonds. The lowest BCUT2D eigenvalue weighted by Crippen LogP contribution is -2.53. The molecule has 1 aliphatic rings. The normalized spacial score (nSPS) is 13.7. The summed E-state index contributed by atoms with van der Waals surface area (Å²) >= 11 is 0. The SMILES string of the molecule is CCCCCCCCCCCCCCCC(=O)OCC(COC(=O)N1CC(CN(C)C)C1)OC(=O)CCCCCCCCCCCCCCC. The van der Waals surface area contributed by atoms with E-state index in [0.29, 0.717) is 31.8 Å². The summed E-state index contributed by atoms with van der Waals surface area (Å²) in [6, 6.07) is 0. The highest BCUT2D eigenvalue weighted by Crippen LogP contribution is 2.18. The lowest BCUT2D eigenvalue weighted by Gasteiger charge is -2.39. The van der Waals surface area contributed by atoms with Crippen LogP contribution in [0.4, 0.5) is 4.79 Å². The number of hydrogen-bond acceptors (Lipinski definition) is 7. The molecule has 0 aliphatic carbocycles. The predicted molar refractivity (Wildman–Crippen MR) is 206 cm³/mol. The summed E-state index contributed by atoms with van der Waals surface area (Å²) in [5.41, 5.74) is 0. The first-order valence-corrected chi connectivity index (χ1v) is 21.3. The highest BCUT2D eigenvalue weighted by Gasteiger charge is 2.32. The second kappa shape index (κ2) is 33.0. The van der Waals surface area contributed by atoms with E-state index in [2.05, 4.69) is 18.7 Å². The highest BCUT2D eigenvalue weighted by molar-refractivity contribution is 5.71. The largest absolute Gasteiger partial charge is 0.462 e. The Labute approximate surface area is 308 Å². The number of esters is 2. The van der Waals surface area contributed by atoms with Crippen LogP contribution >= 0.6 is 0 Å². The summed E-state index contributed by atoms with van der Waals surface area (Å²) in [5, 5.41) is 0. The van der Waals surface area contributed by atoms with Gasteiger partial charge in [0.25, 0.3) is 0 Å². The van der Waals surface area contributed by atoms with E-state index in [4.69, 9.17) is 14.2 Å². The molecule has 1 aliphatic heterocycles. The summed E-state index contributed by atoms with van der Waals surface area (Å²) in [5.74, 6) is -0.166. The predicted octanol–water partition coefficient (Wildman–Crippen LogP) is 11.0. The first kappa shape index (κ1) is 46.2. The molecule has 1 saturated heterocycles. The summed E-state index contributed by atoms with van der Waals surface area (Å²) < 4.78 is 16.7. The number of rotatable bonds is 35. The van der Waals surface area contributed by atoms with Crippen LogP contribution in [-0.2, 0) is 23.8 Å². The first-order chi connectivity index (χ1) is 24.3. The molecule has 1 unspecified atom stereocenters. The molecule has 0 aromatic carbocycles. The van der Waals surface area contributed by atoms with Crippen molar-refractivity contribution in [1.29, 1.82) is 0 Å². The summed E-state index contributed by atoms with van der Waals surface area (Å²) in [6.45, 7) is 6.58. The van der Waals surface area contributed by atoms with E-state index in [1.807, 2.05) is 14.1 Å². The van der Waals surface area contributed by atoms with Crippen molar-refractivity contribution >= 4 is 18.0 Å². The van der Waals surface area contributed by atoms with Crippen molar-refractivity contribution in [2.24, 2.45) is 5.92 Å². The molecule has 50 heavy (non-hydrogen) atoms. The minimum absolute atomic E-state index is 0.0852. The number of likely N-dealkylation sites (tertiary alicyclic amines) is 1. The van der Waals surface area contributed by atoms with Crippen LogP contribution in [0, 0.1) is 5.92 Å². The van der Waals surface area contributed by atoms with Crippen LogP contribution < -0.4 is 0 Å². The van der Waals surface area contributed by atoms with Gasteiger partial charge in [-0.3, -0.25) is 9.59 Å². The molecular formula is C42H80N2O6. The molecule has 1 rings (SSSR count). The first-order valence-electron chi connectivity index (χ1n) is 21.3. The van der Waals surface area contributed by atoms with Crippen molar-refractivity contribution in [3.63, 3.8) is 0 Å². The zero-order valence-electron chi connectivity index (χ0n) is 33.3. The van der Waals surface area contributed by atoms with Crippen LogP contribution in [-0.4, -0.2) is 80.9 Å². The van der Waals surface area contributed by atoms with E-state index in [-0.39, 0.29) is 25.2 Å². The third-order valence-corrected chi connectivity index (χ3v) is 9.93. The van der Waals surface area contributed by atoms with Gasteiger partial charge in [0.2, 0.25) is 0 Å². The lowest BCUT2D eigenvalue weighted by atomic mass is 10.0. The maximum atomic E-state index is 12.7. The second-order valence-corrected chi connectivity index (χ2v) is 15.4. The fourth-order valence-electron chi connectivity index (χ4n) is 6.80. The van der Waals surface area contributed by atoms with Crippen LogP contribution in [0.25, 0.3) is 0 Å². The Morgan fingerprint density at radius 1 is 0.540 bits per heavy atom. The van der Waals surface area contributed by atoms with Crippen molar-refractivity contribution in [1.82, 2.24) is 9.80 Å². The molecule has 0 N–H and O–H groups in total. The molecule has 8 heteroatoms. The maximum absolute atomic E-state index is 12.7. The molecule has 0 saturated carbocycles. The lowest BCUT2D eigenvalue weighted by molar-refractivity contribution is -0.161. The van der Waals surface area contributed by atoms with Crippen molar-refractivity contribution in [2.75, 3.05) is 46.9 Å². The Balaban J connectivity index is 2.25. The van der Waals surface area contributed by atoms with Gasteiger partial charge in [0, 0.05) is 38.4 Å². The van der Waals surface area contributed by atoms with Gasteiger partial charge in [0.05, 0.1) is 0 Å². The molecule has 0 spiro atoms. The van der Waals surface area contributed by atoms with Crippen LogP contribution in [0.2, 0.25) is 0 Å². The van der Waals surface area contributed by atoms with Crippen LogP contribution in [0.1, 0.15) is 194 Å². The van der Waals surface area contributed by atoms with Crippen molar-refractivity contribution in [2.45, 2.75) is 200 Å². The number of carbonyl (C=O) groups is 3. The number of nitrogens with zero attached hydrogens (tertiary/aromatic N) is 2. The Bertz CT molecular complexity index is 816. The van der Waals surface area contributed by atoms with Crippen molar-refractivity contribution < 1.29 is 28.6 Å². The van der Waals surface area contributed by atoms with Gasteiger partial charge in [-0.15, -0.1) is 0 Å². The average molecular weight is 709 g/mol. The molecule has 0 bridgehead atoms. The fourth-order valence-corrected chi connectivity index (χ4v) is 6.80. The number of ether oxygens (including phenoxy) is 3. The molecule has 294 valence electrons. The monoisotopic (exact) mass is 709 g/mol. The highest BCUT2D eigenvalue weighted by atomic mass is 16.6. The van der Waals surface area contributed by atoms with Gasteiger partial charge >= 0.3 is 18.0 Å². The maximum Gasteiger partial charge on any atom is 0.409 e. The Kier molecular flexibility index (Phi) is 30.5. The van der Waals surface area contributed by atoms with E-state index < -0.39 is 12.2 Å². The second-order valence-electron chi connectivity index (χ2n) is 15.4. The molecule has 1 fully saturated rings. The van der Waals surface area contributed by atoms with Gasteiger partial charge in [-0.2, -0.15) is 0 Å². The Morgan fingerprint density at radius 3 is 1.30 bits per heavy atom. The minimum atomic E-state index is -0.789. The third kappa shape index (κ3) is 27.8. The van der Waals surface area contributed by atoms with Gasteiger partial charge in [-0.05, 0) is 26.9 Å². The molecule has 1 heterocycles. The molecule has 0 radical (unpaired) electrons. The molecule has 0 aromatic rings. The van der Waals surface area contributed by atoms with E-state index in [1.165, 1.54) is 128 Å². The van der Waals surface area contributed by atoms with E-state index in [9.17, 15) is 14.4 Å². The molecular weight excluding hydrogens is 628 g/mol. The topological polar surface area (TPSA) is 85.4 Å². The summed E-state index contributed by atoms with van der Waals surface area (Å²) in [4.78, 5) is 41.5. The van der Waals surface area contributed by atoms with Gasteiger partial charge < -0.3 is 24.0 Å². The van der Waals surface area contributed by atoms with Crippen LogP contribution in [0.5, 0.6) is 0 Å². The summed E-state index contributed by atoms with van der Waals surface area (Å²) in [6.07, 6.45) is 32.0. The standard InChI is InChI=1S/C42H80N2O6/c1-5-7-9-11-13-15-17-19-21-23-25-27-29-31-40(45)48-36-39(37-49-42(47)44-34-38(35-44)33-43(3)4)50-41(46)32-30-28-26-24-22-20-18-16-14-12-10-8-6-2/h38-39H,5-37H2,1-4H3. The van der Waals surface area contributed by atoms with Gasteiger partial charge in [-0.1, -0.05) is 168 Å². The number of hydrogen-bond donors (Lipinski definition) is 0. The quantitative estimate of drug-likeness (QED) is 0.0368. The van der Waals surface area contributed by atoms with Crippen molar-refractivity contribution in [3.05, 3.63) is 0 Å².